The molecule has 1 N–H and O–H groups in total. The Labute approximate surface area is 125 Å². The van der Waals surface area contributed by atoms with Crippen LogP contribution in [-0.2, 0) is 9.47 Å². The zero-order valence-electron chi connectivity index (χ0n) is 13.5. The topological polar surface area (TPSA) is 33.7 Å². The molecular formula is C16H34N2O2. The van der Waals surface area contributed by atoms with Crippen LogP contribution in [0.2, 0.25) is 0 Å². The summed E-state index contributed by atoms with van der Waals surface area (Å²) < 4.78 is 11.1. The molecule has 4 heteroatoms. The SMILES string of the molecule is CCCCC(C)OCCCNCCCN1CCOCC1. The molecule has 0 aromatic rings. The molecule has 1 saturated heterocycles. The highest BCUT2D eigenvalue weighted by Gasteiger charge is 2.08. The Morgan fingerprint density at radius 1 is 1.15 bits per heavy atom. The fourth-order valence-corrected chi connectivity index (χ4v) is 2.43. The van der Waals surface area contributed by atoms with Crippen LogP contribution in [-0.4, -0.2) is 63.5 Å². The summed E-state index contributed by atoms with van der Waals surface area (Å²) in [6, 6.07) is 0. The van der Waals surface area contributed by atoms with E-state index in [4.69, 9.17) is 9.47 Å². The first kappa shape index (κ1) is 17.9. The molecule has 1 aliphatic heterocycles. The summed E-state index contributed by atoms with van der Waals surface area (Å²) in [4.78, 5) is 2.49. The Morgan fingerprint density at radius 2 is 1.90 bits per heavy atom. The zero-order valence-corrected chi connectivity index (χ0v) is 13.5. The number of unbranched alkanes of at least 4 members (excludes halogenated alkanes) is 1. The average Bonchev–Trinajstić information content (AvgIpc) is 2.49. The second-order valence-electron chi connectivity index (χ2n) is 5.73. The fraction of sp³-hybridized carbons (Fsp3) is 1.00. The van der Waals surface area contributed by atoms with E-state index in [1.165, 1.54) is 32.2 Å². The molecule has 4 nitrogen and oxygen atoms in total. The molecule has 1 aliphatic rings. The summed E-state index contributed by atoms with van der Waals surface area (Å²) >= 11 is 0. The van der Waals surface area contributed by atoms with Gasteiger partial charge in [0.25, 0.3) is 0 Å². The van der Waals surface area contributed by atoms with E-state index in [0.717, 1.165) is 52.4 Å². The minimum absolute atomic E-state index is 0.427. The Morgan fingerprint density at radius 3 is 2.65 bits per heavy atom. The zero-order chi connectivity index (χ0) is 14.5. The number of ether oxygens (including phenoxy) is 2. The number of rotatable bonds is 12. The fourth-order valence-electron chi connectivity index (χ4n) is 2.43. The maximum atomic E-state index is 5.78. The van der Waals surface area contributed by atoms with Gasteiger partial charge in [-0.3, -0.25) is 4.90 Å². The molecule has 0 aromatic carbocycles. The van der Waals surface area contributed by atoms with Crippen molar-refractivity contribution in [1.82, 2.24) is 10.2 Å². The van der Waals surface area contributed by atoms with Crippen molar-refractivity contribution >= 4 is 0 Å². The molecule has 0 spiro atoms. The van der Waals surface area contributed by atoms with Gasteiger partial charge in [0, 0.05) is 19.7 Å². The summed E-state index contributed by atoms with van der Waals surface area (Å²) in [7, 11) is 0. The first-order valence-electron chi connectivity index (χ1n) is 8.45. The largest absolute Gasteiger partial charge is 0.379 e. The van der Waals surface area contributed by atoms with Gasteiger partial charge in [-0.2, -0.15) is 0 Å². The average molecular weight is 286 g/mol. The Bertz CT molecular complexity index is 209. The van der Waals surface area contributed by atoms with E-state index in [0.29, 0.717) is 6.10 Å². The number of nitrogens with one attached hydrogen (secondary N) is 1. The van der Waals surface area contributed by atoms with E-state index < -0.39 is 0 Å². The maximum Gasteiger partial charge on any atom is 0.0594 e. The Hall–Kier alpha value is -0.160. The summed E-state index contributed by atoms with van der Waals surface area (Å²) in [5, 5.41) is 3.50. The van der Waals surface area contributed by atoms with Crippen LogP contribution in [0.15, 0.2) is 0 Å². The minimum atomic E-state index is 0.427. The van der Waals surface area contributed by atoms with E-state index >= 15 is 0 Å². The summed E-state index contributed by atoms with van der Waals surface area (Å²) in [5.74, 6) is 0. The van der Waals surface area contributed by atoms with Gasteiger partial charge >= 0.3 is 0 Å². The standard InChI is InChI=1S/C16H34N2O2/c1-3-4-7-16(2)20-13-6-9-17-8-5-10-18-11-14-19-15-12-18/h16-17H,3-15H2,1-2H3. The molecule has 1 rings (SSSR count). The van der Waals surface area contributed by atoms with Crippen molar-refractivity contribution < 1.29 is 9.47 Å². The van der Waals surface area contributed by atoms with Gasteiger partial charge < -0.3 is 14.8 Å². The van der Waals surface area contributed by atoms with Gasteiger partial charge in [-0.1, -0.05) is 19.8 Å². The van der Waals surface area contributed by atoms with E-state index in [2.05, 4.69) is 24.1 Å². The van der Waals surface area contributed by atoms with Gasteiger partial charge in [-0.25, -0.2) is 0 Å². The number of nitrogens with zero attached hydrogens (tertiary/aromatic N) is 1. The maximum absolute atomic E-state index is 5.78. The van der Waals surface area contributed by atoms with Crippen LogP contribution in [0, 0.1) is 0 Å². The molecular weight excluding hydrogens is 252 g/mol. The Kier molecular flexibility index (Phi) is 11.2. The predicted octanol–water partition coefficient (Wildman–Crippen LogP) is 2.28. The van der Waals surface area contributed by atoms with Crippen molar-refractivity contribution in [1.29, 1.82) is 0 Å². The molecule has 20 heavy (non-hydrogen) atoms. The van der Waals surface area contributed by atoms with Gasteiger partial charge in [-0.15, -0.1) is 0 Å². The summed E-state index contributed by atoms with van der Waals surface area (Å²) in [5.41, 5.74) is 0. The second kappa shape index (κ2) is 12.6. The summed E-state index contributed by atoms with van der Waals surface area (Å²) in [6.45, 7) is 12.7. The highest BCUT2D eigenvalue weighted by atomic mass is 16.5. The van der Waals surface area contributed by atoms with Crippen molar-refractivity contribution in [3.63, 3.8) is 0 Å². The van der Waals surface area contributed by atoms with Gasteiger partial charge in [0.1, 0.15) is 0 Å². The van der Waals surface area contributed by atoms with Gasteiger partial charge in [0.15, 0.2) is 0 Å². The van der Waals surface area contributed by atoms with Gasteiger partial charge in [0.2, 0.25) is 0 Å². The molecule has 0 aliphatic carbocycles. The highest BCUT2D eigenvalue weighted by Crippen LogP contribution is 2.04. The van der Waals surface area contributed by atoms with Crippen molar-refractivity contribution in [3.8, 4) is 0 Å². The number of hydrogen-bond acceptors (Lipinski definition) is 4. The van der Waals surface area contributed by atoms with Crippen LogP contribution < -0.4 is 5.32 Å². The normalized spacial score (nSPS) is 18.3. The van der Waals surface area contributed by atoms with Crippen molar-refractivity contribution in [2.75, 3.05) is 52.5 Å². The van der Waals surface area contributed by atoms with Gasteiger partial charge in [-0.05, 0) is 45.8 Å². The molecule has 1 unspecified atom stereocenters. The van der Waals surface area contributed by atoms with E-state index in [1.807, 2.05) is 0 Å². The van der Waals surface area contributed by atoms with Crippen LogP contribution in [0.4, 0.5) is 0 Å². The minimum Gasteiger partial charge on any atom is -0.379 e. The van der Waals surface area contributed by atoms with Crippen LogP contribution in [0.5, 0.6) is 0 Å². The molecule has 1 fully saturated rings. The molecule has 1 heterocycles. The molecule has 1 atom stereocenters. The molecule has 0 radical (unpaired) electrons. The lowest BCUT2D eigenvalue weighted by Gasteiger charge is -2.26. The third kappa shape index (κ3) is 9.70. The van der Waals surface area contributed by atoms with Crippen molar-refractivity contribution in [3.05, 3.63) is 0 Å². The molecule has 0 aromatic heterocycles. The molecule has 0 amide bonds. The quantitative estimate of drug-likeness (QED) is 0.558. The van der Waals surface area contributed by atoms with Crippen LogP contribution >= 0.6 is 0 Å². The number of hydrogen-bond donors (Lipinski definition) is 1. The third-order valence-electron chi connectivity index (χ3n) is 3.80. The summed E-state index contributed by atoms with van der Waals surface area (Å²) in [6.07, 6.45) is 6.52. The lowest BCUT2D eigenvalue weighted by Crippen LogP contribution is -2.37. The van der Waals surface area contributed by atoms with Crippen LogP contribution in [0.3, 0.4) is 0 Å². The third-order valence-corrected chi connectivity index (χ3v) is 3.80. The first-order chi connectivity index (χ1) is 9.83. The van der Waals surface area contributed by atoms with Crippen LogP contribution in [0.25, 0.3) is 0 Å². The Balaban J connectivity index is 1.78. The lowest BCUT2D eigenvalue weighted by molar-refractivity contribution is 0.0373. The van der Waals surface area contributed by atoms with Crippen LogP contribution in [0.1, 0.15) is 46.0 Å². The highest BCUT2D eigenvalue weighted by molar-refractivity contribution is 4.62. The van der Waals surface area contributed by atoms with Crippen molar-refractivity contribution in [2.24, 2.45) is 0 Å². The lowest BCUT2D eigenvalue weighted by atomic mass is 10.2. The molecule has 120 valence electrons. The number of morpholine rings is 1. The predicted molar refractivity (Wildman–Crippen MR) is 84.3 cm³/mol. The van der Waals surface area contributed by atoms with E-state index in [-0.39, 0.29) is 0 Å². The second-order valence-corrected chi connectivity index (χ2v) is 5.73. The van der Waals surface area contributed by atoms with Gasteiger partial charge in [0.05, 0.1) is 19.3 Å². The van der Waals surface area contributed by atoms with E-state index in [1.54, 1.807) is 0 Å². The molecule has 0 bridgehead atoms. The molecule has 0 saturated carbocycles. The van der Waals surface area contributed by atoms with Crippen molar-refractivity contribution in [2.45, 2.75) is 52.1 Å². The monoisotopic (exact) mass is 286 g/mol. The first-order valence-corrected chi connectivity index (χ1v) is 8.45. The smallest absolute Gasteiger partial charge is 0.0594 e. The van der Waals surface area contributed by atoms with E-state index in [9.17, 15) is 0 Å².